The molecule has 0 spiro atoms. The average molecular weight is 318 g/mol. The van der Waals surface area contributed by atoms with Gasteiger partial charge in [0.25, 0.3) is 0 Å². The molecular weight excluding hydrogens is 302 g/mol. The molecule has 0 saturated heterocycles. The number of carbonyl (C=O) groups is 1. The van der Waals surface area contributed by atoms with Gasteiger partial charge in [-0.15, -0.1) is 0 Å². The van der Waals surface area contributed by atoms with Crippen LogP contribution >= 0.6 is 11.6 Å². The van der Waals surface area contributed by atoms with E-state index in [2.05, 4.69) is 5.32 Å². The first-order valence-electron chi connectivity index (χ1n) is 6.95. The number of ether oxygens (including phenoxy) is 1. The van der Waals surface area contributed by atoms with Gasteiger partial charge in [-0.2, -0.15) is 0 Å². The maximum Gasteiger partial charge on any atom is 0.243 e. The third-order valence-electron chi connectivity index (χ3n) is 3.42. The van der Waals surface area contributed by atoms with E-state index in [0.717, 1.165) is 11.4 Å². The number of amides is 1. The number of para-hydroxylation sites is 1. The second-order valence-electron chi connectivity index (χ2n) is 5.03. The summed E-state index contributed by atoms with van der Waals surface area (Å²) >= 11 is 6.05. The summed E-state index contributed by atoms with van der Waals surface area (Å²) in [5.74, 6) is 0.606. The van der Waals surface area contributed by atoms with E-state index in [1.807, 2.05) is 29.2 Å². The van der Waals surface area contributed by atoms with Crippen LogP contribution in [0.3, 0.4) is 0 Å². The summed E-state index contributed by atoms with van der Waals surface area (Å²) in [5.41, 5.74) is 7.90. The third kappa shape index (κ3) is 3.09. The summed E-state index contributed by atoms with van der Waals surface area (Å²) < 4.78 is 5.58. The van der Waals surface area contributed by atoms with Gasteiger partial charge in [-0.25, -0.2) is 0 Å². The number of nitrogens with two attached hydrogens (primary N) is 1. The molecule has 1 amide bonds. The monoisotopic (exact) mass is 317 g/mol. The van der Waals surface area contributed by atoms with Crippen molar-refractivity contribution in [1.82, 2.24) is 0 Å². The first-order valence-corrected chi connectivity index (χ1v) is 7.33. The molecule has 0 fully saturated rings. The average Bonchev–Trinajstić information content (AvgIpc) is 2.50. The molecule has 2 aromatic rings. The molecule has 114 valence electrons. The van der Waals surface area contributed by atoms with Gasteiger partial charge in [-0.1, -0.05) is 23.7 Å². The van der Waals surface area contributed by atoms with E-state index in [-0.39, 0.29) is 12.5 Å². The molecule has 0 radical (unpaired) electrons. The molecule has 2 aromatic carbocycles. The Bertz CT molecular complexity index is 706. The number of carbonyl (C=O) groups excluding carboxylic acids is 1. The quantitative estimate of drug-likeness (QED) is 0.854. The summed E-state index contributed by atoms with van der Waals surface area (Å²) in [7, 11) is 0. The van der Waals surface area contributed by atoms with Crippen LogP contribution in [0.2, 0.25) is 5.02 Å². The fourth-order valence-electron chi connectivity index (χ4n) is 2.38. The minimum atomic E-state index is -0.136. The molecule has 3 N–H and O–H groups in total. The van der Waals surface area contributed by atoms with Crippen LogP contribution in [0.15, 0.2) is 42.5 Å². The zero-order valence-corrected chi connectivity index (χ0v) is 12.6. The Morgan fingerprint density at radius 1 is 1.32 bits per heavy atom. The largest absolute Gasteiger partial charge is 0.490 e. The van der Waals surface area contributed by atoms with E-state index < -0.39 is 0 Å². The van der Waals surface area contributed by atoms with Crippen molar-refractivity contribution in [3.63, 3.8) is 0 Å². The number of anilines is 3. The predicted molar refractivity (Wildman–Crippen MR) is 88.6 cm³/mol. The van der Waals surface area contributed by atoms with Crippen molar-refractivity contribution in [1.29, 1.82) is 0 Å². The number of rotatable bonds is 3. The van der Waals surface area contributed by atoms with Crippen molar-refractivity contribution in [3.05, 3.63) is 47.5 Å². The lowest BCUT2D eigenvalue weighted by Gasteiger charge is -2.30. The fourth-order valence-corrected chi connectivity index (χ4v) is 2.56. The number of halogens is 1. The molecule has 1 heterocycles. The van der Waals surface area contributed by atoms with Gasteiger partial charge in [-0.3, -0.25) is 4.79 Å². The molecule has 1 aliphatic heterocycles. The second-order valence-corrected chi connectivity index (χ2v) is 5.43. The first kappa shape index (κ1) is 14.5. The van der Waals surface area contributed by atoms with Gasteiger partial charge in [0.15, 0.2) is 0 Å². The summed E-state index contributed by atoms with van der Waals surface area (Å²) in [6, 6.07) is 12.6. The van der Waals surface area contributed by atoms with Crippen LogP contribution in [0, 0.1) is 0 Å². The van der Waals surface area contributed by atoms with Crippen molar-refractivity contribution >= 4 is 34.6 Å². The highest BCUT2D eigenvalue weighted by atomic mass is 35.5. The zero-order valence-electron chi connectivity index (χ0n) is 11.9. The number of fused-ring (bicyclic) bond motifs is 1. The number of benzene rings is 2. The molecule has 0 aliphatic carbocycles. The molecule has 0 saturated carbocycles. The Hall–Kier alpha value is -2.40. The molecule has 0 aromatic heterocycles. The van der Waals surface area contributed by atoms with Crippen molar-refractivity contribution < 1.29 is 9.53 Å². The maximum atomic E-state index is 12.2. The number of nitrogens with zero attached hydrogens (tertiary/aromatic N) is 1. The molecule has 0 atom stereocenters. The van der Waals surface area contributed by atoms with Gasteiger partial charge in [-0.05, 0) is 30.3 Å². The molecule has 6 heteroatoms. The van der Waals surface area contributed by atoms with Crippen LogP contribution in [-0.4, -0.2) is 25.6 Å². The minimum Gasteiger partial charge on any atom is -0.490 e. The predicted octanol–water partition coefficient (Wildman–Crippen LogP) is 2.76. The fraction of sp³-hybridized carbons (Fsp3) is 0.188. The van der Waals surface area contributed by atoms with Gasteiger partial charge >= 0.3 is 0 Å². The van der Waals surface area contributed by atoms with Gasteiger partial charge < -0.3 is 20.7 Å². The van der Waals surface area contributed by atoms with Crippen LogP contribution in [0.1, 0.15) is 0 Å². The third-order valence-corrected chi connectivity index (χ3v) is 3.75. The number of hydrogen-bond donors (Lipinski definition) is 2. The molecule has 1 aliphatic rings. The summed E-state index contributed by atoms with van der Waals surface area (Å²) in [5, 5.41) is 3.33. The van der Waals surface area contributed by atoms with Crippen molar-refractivity contribution in [2.24, 2.45) is 0 Å². The van der Waals surface area contributed by atoms with E-state index in [9.17, 15) is 4.79 Å². The SMILES string of the molecule is Nc1ccc2c(c1)N(CC(=O)Nc1ccccc1Cl)CCO2. The van der Waals surface area contributed by atoms with Crippen LogP contribution in [0.25, 0.3) is 0 Å². The topological polar surface area (TPSA) is 67.6 Å². The Kier molecular flexibility index (Phi) is 4.06. The van der Waals surface area contributed by atoms with E-state index in [0.29, 0.717) is 29.5 Å². The van der Waals surface area contributed by atoms with Gasteiger partial charge in [0.2, 0.25) is 5.91 Å². The van der Waals surface area contributed by atoms with Crippen LogP contribution in [0.4, 0.5) is 17.1 Å². The van der Waals surface area contributed by atoms with E-state index in [4.69, 9.17) is 22.1 Å². The second kappa shape index (κ2) is 6.15. The maximum absolute atomic E-state index is 12.2. The van der Waals surface area contributed by atoms with E-state index in [1.54, 1.807) is 18.2 Å². The Morgan fingerprint density at radius 2 is 2.14 bits per heavy atom. The van der Waals surface area contributed by atoms with Crippen LogP contribution in [0.5, 0.6) is 5.75 Å². The number of nitrogen functional groups attached to an aromatic ring is 1. The highest BCUT2D eigenvalue weighted by Gasteiger charge is 2.20. The molecule has 3 rings (SSSR count). The smallest absolute Gasteiger partial charge is 0.243 e. The standard InChI is InChI=1S/C16H16ClN3O2/c17-12-3-1-2-4-13(12)19-16(21)10-20-7-8-22-15-6-5-11(18)9-14(15)20/h1-6,9H,7-8,10,18H2,(H,19,21). The molecular formula is C16H16ClN3O2. The Labute approximate surface area is 133 Å². The van der Waals surface area contributed by atoms with Gasteiger partial charge in [0, 0.05) is 5.69 Å². The van der Waals surface area contributed by atoms with Gasteiger partial charge in [0.05, 0.1) is 29.5 Å². The van der Waals surface area contributed by atoms with Crippen molar-refractivity contribution in [2.45, 2.75) is 0 Å². The van der Waals surface area contributed by atoms with E-state index >= 15 is 0 Å². The lowest BCUT2D eigenvalue weighted by molar-refractivity contribution is -0.115. The minimum absolute atomic E-state index is 0.136. The zero-order chi connectivity index (χ0) is 15.5. The lowest BCUT2D eigenvalue weighted by Crippen LogP contribution is -2.38. The van der Waals surface area contributed by atoms with Gasteiger partial charge in [0.1, 0.15) is 12.4 Å². The molecule has 5 nitrogen and oxygen atoms in total. The van der Waals surface area contributed by atoms with E-state index in [1.165, 1.54) is 0 Å². The summed E-state index contributed by atoms with van der Waals surface area (Å²) in [6.07, 6.45) is 0. The number of nitrogens with one attached hydrogen (secondary N) is 1. The van der Waals surface area contributed by atoms with Crippen LogP contribution in [-0.2, 0) is 4.79 Å². The molecule has 22 heavy (non-hydrogen) atoms. The number of hydrogen-bond acceptors (Lipinski definition) is 4. The van der Waals surface area contributed by atoms with Crippen LogP contribution < -0.4 is 20.7 Å². The van der Waals surface area contributed by atoms with Crippen molar-refractivity contribution in [3.8, 4) is 5.75 Å². The summed E-state index contributed by atoms with van der Waals surface area (Å²) in [4.78, 5) is 14.2. The lowest BCUT2D eigenvalue weighted by atomic mass is 10.2. The highest BCUT2D eigenvalue weighted by molar-refractivity contribution is 6.33. The Morgan fingerprint density at radius 3 is 2.95 bits per heavy atom. The Balaban J connectivity index is 1.73. The molecule has 0 bridgehead atoms. The summed E-state index contributed by atoms with van der Waals surface area (Å²) in [6.45, 7) is 1.38. The normalized spacial score (nSPS) is 13.2. The highest BCUT2D eigenvalue weighted by Crippen LogP contribution is 2.33. The van der Waals surface area contributed by atoms with Crippen molar-refractivity contribution in [2.75, 3.05) is 35.6 Å². The molecule has 0 unspecified atom stereocenters. The first-order chi connectivity index (χ1) is 10.6.